The van der Waals surface area contributed by atoms with E-state index in [1.807, 2.05) is 18.0 Å². The van der Waals surface area contributed by atoms with E-state index in [2.05, 4.69) is 4.98 Å². The van der Waals surface area contributed by atoms with E-state index >= 15 is 0 Å². The molecule has 0 unspecified atom stereocenters. The first kappa shape index (κ1) is 11.0. The van der Waals surface area contributed by atoms with Crippen LogP contribution in [0.15, 0.2) is 30.1 Å². The summed E-state index contributed by atoms with van der Waals surface area (Å²) in [4.78, 5) is 16.8. The summed E-state index contributed by atoms with van der Waals surface area (Å²) in [6.45, 7) is 1.01. The van der Waals surface area contributed by atoms with Crippen LogP contribution in [0.2, 0.25) is 5.15 Å². The second kappa shape index (κ2) is 4.53. The number of hydrogen-bond donors (Lipinski definition) is 0. The van der Waals surface area contributed by atoms with Gasteiger partial charge in [0.15, 0.2) is 0 Å². The average molecular weight is 239 g/mol. The first-order valence-electron chi connectivity index (χ1n) is 4.84. The summed E-state index contributed by atoms with van der Waals surface area (Å²) in [7, 11) is 1.90. The molecule has 0 atom stereocenters. The highest BCUT2D eigenvalue weighted by Crippen LogP contribution is 2.15. The van der Waals surface area contributed by atoms with Crippen LogP contribution in [-0.4, -0.2) is 29.5 Å². The fraction of sp³-hybridized carbons (Fsp3) is 0.273. The van der Waals surface area contributed by atoms with E-state index in [-0.39, 0.29) is 5.97 Å². The topological polar surface area (TPSA) is 42.4 Å². The van der Waals surface area contributed by atoms with Gasteiger partial charge in [0.05, 0.1) is 5.70 Å². The molecule has 1 aromatic rings. The lowest BCUT2D eigenvalue weighted by Crippen LogP contribution is -2.18. The quantitative estimate of drug-likeness (QED) is 0.593. The zero-order valence-corrected chi connectivity index (χ0v) is 9.57. The van der Waals surface area contributed by atoms with E-state index in [1.54, 1.807) is 12.3 Å². The van der Waals surface area contributed by atoms with E-state index in [9.17, 15) is 4.79 Å². The van der Waals surface area contributed by atoms with Crippen LogP contribution in [0.5, 0.6) is 0 Å². The Morgan fingerprint density at radius 3 is 3.06 bits per heavy atom. The van der Waals surface area contributed by atoms with Gasteiger partial charge in [0.1, 0.15) is 11.8 Å². The fourth-order valence-electron chi connectivity index (χ4n) is 1.50. The minimum atomic E-state index is -0.283. The first-order valence-corrected chi connectivity index (χ1v) is 5.22. The monoisotopic (exact) mass is 238 g/mol. The summed E-state index contributed by atoms with van der Waals surface area (Å²) in [5.74, 6) is -0.283. The van der Waals surface area contributed by atoms with Crippen molar-refractivity contribution in [2.75, 3.05) is 13.7 Å². The van der Waals surface area contributed by atoms with E-state index in [0.717, 1.165) is 11.3 Å². The Morgan fingerprint density at radius 2 is 2.44 bits per heavy atom. The number of carbonyl (C=O) groups is 1. The Labute approximate surface area is 98.5 Å². The molecule has 0 aliphatic carbocycles. The summed E-state index contributed by atoms with van der Waals surface area (Å²) < 4.78 is 4.84. The normalized spacial score (nSPS) is 14.6. The molecule has 1 aliphatic rings. The third kappa shape index (κ3) is 2.52. The lowest BCUT2D eigenvalue weighted by molar-refractivity contribution is -0.135. The third-order valence-electron chi connectivity index (χ3n) is 2.35. The molecule has 1 aromatic heterocycles. The highest BCUT2D eigenvalue weighted by atomic mass is 35.5. The van der Waals surface area contributed by atoms with Crippen molar-refractivity contribution in [1.29, 1.82) is 0 Å². The van der Waals surface area contributed by atoms with Gasteiger partial charge in [-0.15, -0.1) is 0 Å². The molecular formula is C11H11ClN2O2. The Hall–Kier alpha value is -1.55. The van der Waals surface area contributed by atoms with Crippen molar-refractivity contribution in [3.63, 3.8) is 0 Å². The van der Waals surface area contributed by atoms with Crippen molar-refractivity contribution in [3.05, 3.63) is 40.8 Å². The van der Waals surface area contributed by atoms with Crippen molar-refractivity contribution < 1.29 is 9.53 Å². The van der Waals surface area contributed by atoms with E-state index in [1.165, 1.54) is 6.08 Å². The number of nitrogens with zero attached hydrogens (tertiary/aromatic N) is 2. The predicted octanol–water partition coefficient (Wildman–Crippen LogP) is 1.61. The second-order valence-electron chi connectivity index (χ2n) is 3.59. The number of cyclic esters (lactones) is 1. The third-order valence-corrected chi connectivity index (χ3v) is 2.55. The predicted molar refractivity (Wildman–Crippen MR) is 59.8 cm³/mol. The number of esters is 1. The Kier molecular flexibility index (Phi) is 3.10. The molecule has 0 spiro atoms. The molecule has 2 rings (SSSR count). The van der Waals surface area contributed by atoms with E-state index < -0.39 is 0 Å². The lowest BCUT2D eigenvalue weighted by Gasteiger charge is -2.19. The van der Waals surface area contributed by atoms with Gasteiger partial charge in [-0.1, -0.05) is 11.6 Å². The number of hydrogen-bond acceptors (Lipinski definition) is 4. The molecule has 0 aromatic carbocycles. The van der Waals surface area contributed by atoms with Crippen molar-refractivity contribution in [2.45, 2.75) is 6.54 Å². The minimum Gasteiger partial charge on any atom is -0.456 e. The van der Waals surface area contributed by atoms with Gasteiger partial charge in [0.25, 0.3) is 0 Å². The maximum absolute atomic E-state index is 10.9. The van der Waals surface area contributed by atoms with Crippen LogP contribution in [0.3, 0.4) is 0 Å². The van der Waals surface area contributed by atoms with E-state index in [0.29, 0.717) is 18.3 Å². The van der Waals surface area contributed by atoms with Gasteiger partial charge in [0, 0.05) is 25.9 Å². The van der Waals surface area contributed by atoms with Crippen LogP contribution in [0.4, 0.5) is 0 Å². The number of halogens is 1. The molecule has 4 nitrogen and oxygen atoms in total. The van der Waals surface area contributed by atoms with Gasteiger partial charge < -0.3 is 9.64 Å². The van der Waals surface area contributed by atoms with Crippen molar-refractivity contribution >= 4 is 17.6 Å². The van der Waals surface area contributed by atoms with Gasteiger partial charge in [-0.25, -0.2) is 9.78 Å². The van der Waals surface area contributed by atoms with Gasteiger partial charge in [0.2, 0.25) is 0 Å². The van der Waals surface area contributed by atoms with Crippen LogP contribution in [0.1, 0.15) is 5.56 Å². The summed E-state index contributed by atoms with van der Waals surface area (Å²) in [6, 6.07) is 3.69. The summed E-state index contributed by atoms with van der Waals surface area (Å²) in [5.41, 5.74) is 1.92. The maximum Gasteiger partial charge on any atom is 0.333 e. The number of aromatic nitrogens is 1. The molecule has 0 saturated heterocycles. The molecule has 5 heteroatoms. The summed E-state index contributed by atoms with van der Waals surface area (Å²) >= 11 is 5.79. The molecule has 0 amide bonds. The molecule has 0 N–H and O–H groups in total. The second-order valence-corrected chi connectivity index (χ2v) is 3.97. The molecule has 0 fully saturated rings. The SMILES string of the molecule is CN(Cc1ccnc(Cl)c1)C1=CC(=O)OC1. The van der Waals surface area contributed by atoms with Crippen LogP contribution in [0.25, 0.3) is 0 Å². The lowest BCUT2D eigenvalue weighted by atomic mass is 10.2. The molecule has 1 aliphatic heterocycles. The van der Waals surface area contributed by atoms with Gasteiger partial charge in [-0.05, 0) is 17.7 Å². The molecule has 84 valence electrons. The zero-order chi connectivity index (χ0) is 11.5. The van der Waals surface area contributed by atoms with Crippen LogP contribution in [0, 0.1) is 0 Å². The van der Waals surface area contributed by atoms with Crippen LogP contribution < -0.4 is 0 Å². The number of likely N-dealkylation sites (N-methyl/N-ethyl adjacent to an activating group) is 1. The van der Waals surface area contributed by atoms with Gasteiger partial charge in [-0.3, -0.25) is 0 Å². The van der Waals surface area contributed by atoms with E-state index in [4.69, 9.17) is 16.3 Å². The summed E-state index contributed by atoms with van der Waals surface area (Å²) in [5, 5.41) is 0.471. The Balaban J connectivity index is 2.05. The largest absolute Gasteiger partial charge is 0.456 e. The standard InChI is InChI=1S/C11H11ClN2O2/c1-14(9-5-11(15)16-7-9)6-8-2-3-13-10(12)4-8/h2-5H,6-7H2,1H3. The van der Waals surface area contributed by atoms with Crippen molar-refractivity contribution in [3.8, 4) is 0 Å². The molecule has 0 radical (unpaired) electrons. The summed E-state index contributed by atoms with van der Waals surface area (Å²) in [6.07, 6.45) is 3.17. The van der Waals surface area contributed by atoms with Crippen molar-refractivity contribution in [1.82, 2.24) is 9.88 Å². The molecule has 16 heavy (non-hydrogen) atoms. The fourth-order valence-corrected chi connectivity index (χ4v) is 1.70. The van der Waals surface area contributed by atoms with Crippen LogP contribution in [-0.2, 0) is 16.1 Å². The molecular weight excluding hydrogens is 228 g/mol. The minimum absolute atomic E-state index is 0.283. The zero-order valence-electron chi connectivity index (χ0n) is 8.81. The number of ether oxygens (including phenoxy) is 1. The maximum atomic E-state index is 10.9. The smallest absolute Gasteiger partial charge is 0.333 e. The van der Waals surface area contributed by atoms with Gasteiger partial charge >= 0.3 is 5.97 Å². The molecule has 2 heterocycles. The number of rotatable bonds is 3. The number of carbonyl (C=O) groups excluding carboxylic acids is 1. The highest BCUT2D eigenvalue weighted by Gasteiger charge is 2.16. The molecule has 0 bridgehead atoms. The first-order chi connectivity index (χ1) is 7.65. The van der Waals surface area contributed by atoms with Gasteiger partial charge in [-0.2, -0.15) is 0 Å². The van der Waals surface area contributed by atoms with Crippen molar-refractivity contribution in [2.24, 2.45) is 0 Å². The Bertz CT molecular complexity index is 445. The Morgan fingerprint density at radius 1 is 1.62 bits per heavy atom. The molecule has 0 saturated carbocycles. The average Bonchev–Trinajstić information content (AvgIpc) is 2.65. The number of pyridine rings is 1. The highest BCUT2D eigenvalue weighted by molar-refractivity contribution is 6.29. The van der Waals surface area contributed by atoms with Crippen LogP contribution >= 0.6 is 11.6 Å².